The molecule has 1 aliphatic rings. The fourth-order valence-corrected chi connectivity index (χ4v) is 7.62. The molecule has 1 heterocycles. The van der Waals surface area contributed by atoms with E-state index in [0.29, 0.717) is 5.92 Å². The Bertz CT molecular complexity index is 970. The Morgan fingerprint density at radius 2 is 0.864 bits per heavy atom. The minimum absolute atomic E-state index is 0.0586. The molecule has 2 aromatic carbocycles. The van der Waals surface area contributed by atoms with Crippen molar-refractivity contribution in [1.82, 2.24) is 9.80 Å². The maximum absolute atomic E-state index is 2.78. The number of nitrogens with zero attached hydrogens (tertiary/aromatic N) is 2. The first kappa shape index (κ1) is 36.3. The van der Waals surface area contributed by atoms with Crippen molar-refractivity contribution in [2.24, 2.45) is 0 Å². The Balaban J connectivity index is 1.69. The summed E-state index contributed by atoms with van der Waals surface area (Å²) >= 11 is 0. The van der Waals surface area contributed by atoms with Crippen LogP contribution < -0.4 is 0 Å². The van der Waals surface area contributed by atoms with E-state index in [0.717, 1.165) is 25.9 Å². The number of unbranched alkanes of at least 4 members (excludes halogenated alkanes) is 17. The maximum Gasteiger partial charge on any atom is 0.123 e. The zero-order valence-corrected chi connectivity index (χ0v) is 29.2. The average Bonchev–Trinajstić information content (AvgIpc) is 3.39. The molecular weight excluding hydrogens is 532 g/mol. The van der Waals surface area contributed by atoms with Crippen LogP contribution in [0.15, 0.2) is 73.1 Å². The molecule has 2 aromatic rings. The molecule has 246 valence electrons. The van der Waals surface area contributed by atoms with Crippen molar-refractivity contribution in [3.8, 4) is 0 Å². The lowest BCUT2D eigenvalue weighted by molar-refractivity contribution is -0.00378. The SMILES string of the molecule is CCCCCCCCCCCCN1C=CN(CCCCCCCCCCC)C1(Cc1ccccc1)C(CC)c1ccccc1. The van der Waals surface area contributed by atoms with Gasteiger partial charge in [0, 0.05) is 37.8 Å². The van der Waals surface area contributed by atoms with Crippen LogP contribution in [-0.2, 0) is 6.42 Å². The van der Waals surface area contributed by atoms with Gasteiger partial charge in [0.25, 0.3) is 0 Å². The summed E-state index contributed by atoms with van der Waals surface area (Å²) in [5, 5.41) is 0. The van der Waals surface area contributed by atoms with E-state index in [4.69, 9.17) is 0 Å². The standard InChI is InChI=1S/C42H68N2/c1-4-7-9-11-13-15-17-19-21-29-35-44-37-36-43(34-28-20-18-16-14-12-10-8-5-2)42(44,38-39-30-24-22-25-31-39)41(6-3)40-32-26-23-27-33-40/h22-27,30-33,36-37,41H,4-21,28-29,34-35,38H2,1-3H3. The lowest BCUT2D eigenvalue weighted by atomic mass is 9.78. The largest absolute Gasteiger partial charge is 0.353 e. The van der Waals surface area contributed by atoms with Crippen molar-refractivity contribution in [2.75, 3.05) is 13.1 Å². The summed E-state index contributed by atoms with van der Waals surface area (Å²) in [7, 11) is 0. The molecule has 0 radical (unpaired) electrons. The highest BCUT2D eigenvalue weighted by molar-refractivity contribution is 5.30. The van der Waals surface area contributed by atoms with E-state index in [9.17, 15) is 0 Å². The maximum atomic E-state index is 2.78. The Hall–Kier alpha value is -2.22. The Kier molecular flexibility index (Phi) is 18.4. The van der Waals surface area contributed by atoms with E-state index in [-0.39, 0.29) is 5.66 Å². The summed E-state index contributed by atoms with van der Waals surface area (Å²) in [5.74, 6) is 0.445. The number of hydrogen-bond acceptors (Lipinski definition) is 2. The van der Waals surface area contributed by atoms with Gasteiger partial charge in [-0.3, -0.25) is 0 Å². The molecule has 44 heavy (non-hydrogen) atoms. The zero-order chi connectivity index (χ0) is 31.1. The highest BCUT2D eigenvalue weighted by Crippen LogP contribution is 2.45. The van der Waals surface area contributed by atoms with E-state index in [2.05, 4.69) is 104 Å². The quantitative estimate of drug-likeness (QED) is 0.0991. The van der Waals surface area contributed by atoms with Crippen LogP contribution in [0.3, 0.4) is 0 Å². The lowest BCUT2D eigenvalue weighted by Gasteiger charge is -2.51. The molecule has 0 aromatic heterocycles. The van der Waals surface area contributed by atoms with Gasteiger partial charge in [-0.15, -0.1) is 0 Å². The summed E-state index contributed by atoms with van der Waals surface area (Å²) in [6, 6.07) is 22.8. The topological polar surface area (TPSA) is 6.48 Å². The minimum atomic E-state index is -0.0586. The van der Waals surface area contributed by atoms with Crippen LogP contribution in [0.25, 0.3) is 0 Å². The van der Waals surface area contributed by atoms with Crippen molar-refractivity contribution in [3.05, 3.63) is 84.2 Å². The molecule has 0 saturated heterocycles. The van der Waals surface area contributed by atoms with E-state index in [1.165, 1.54) is 133 Å². The molecule has 0 spiro atoms. The van der Waals surface area contributed by atoms with Gasteiger partial charge in [-0.25, -0.2) is 0 Å². The molecule has 2 unspecified atom stereocenters. The fourth-order valence-electron chi connectivity index (χ4n) is 7.62. The van der Waals surface area contributed by atoms with E-state index in [1.807, 2.05) is 0 Å². The third kappa shape index (κ3) is 11.9. The van der Waals surface area contributed by atoms with Gasteiger partial charge in [-0.2, -0.15) is 0 Å². The van der Waals surface area contributed by atoms with Gasteiger partial charge in [-0.1, -0.05) is 191 Å². The summed E-state index contributed by atoms with van der Waals surface area (Å²) < 4.78 is 0. The van der Waals surface area contributed by atoms with Crippen LogP contribution in [0.1, 0.15) is 166 Å². The highest BCUT2D eigenvalue weighted by atomic mass is 15.4. The number of hydrogen-bond donors (Lipinski definition) is 0. The summed E-state index contributed by atoms with van der Waals surface area (Å²) in [5.41, 5.74) is 2.88. The second kappa shape index (κ2) is 22.3. The van der Waals surface area contributed by atoms with Crippen LogP contribution in [0.4, 0.5) is 0 Å². The van der Waals surface area contributed by atoms with Crippen molar-refractivity contribution in [2.45, 2.75) is 167 Å². The predicted octanol–water partition coefficient (Wildman–Crippen LogP) is 12.7. The van der Waals surface area contributed by atoms with Crippen molar-refractivity contribution in [3.63, 3.8) is 0 Å². The smallest absolute Gasteiger partial charge is 0.123 e. The summed E-state index contributed by atoms with van der Waals surface area (Å²) in [6.07, 6.45) is 33.4. The molecule has 2 atom stereocenters. The molecule has 0 N–H and O–H groups in total. The third-order valence-electron chi connectivity index (χ3n) is 10.2. The second-order valence-corrected chi connectivity index (χ2v) is 13.6. The second-order valence-electron chi connectivity index (χ2n) is 13.6. The third-order valence-corrected chi connectivity index (χ3v) is 10.2. The Morgan fingerprint density at radius 3 is 1.27 bits per heavy atom. The van der Waals surface area contributed by atoms with Crippen molar-refractivity contribution < 1.29 is 0 Å². The lowest BCUT2D eigenvalue weighted by Crippen LogP contribution is -2.59. The minimum Gasteiger partial charge on any atom is -0.353 e. The first-order chi connectivity index (χ1) is 21.8. The van der Waals surface area contributed by atoms with E-state index < -0.39 is 0 Å². The molecule has 3 rings (SSSR count). The summed E-state index contributed by atoms with van der Waals surface area (Å²) in [6.45, 7) is 9.33. The van der Waals surface area contributed by atoms with Crippen molar-refractivity contribution >= 4 is 0 Å². The zero-order valence-electron chi connectivity index (χ0n) is 29.2. The molecule has 0 bridgehead atoms. The normalized spacial score (nSPS) is 17.1. The molecule has 1 aliphatic heterocycles. The van der Waals surface area contributed by atoms with Crippen LogP contribution in [0.5, 0.6) is 0 Å². The first-order valence-corrected chi connectivity index (χ1v) is 19.1. The van der Waals surface area contributed by atoms with Gasteiger partial charge in [0.2, 0.25) is 0 Å². The monoisotopic (exact) mass is 601 g/mol. The van der Waals surface area contributed by atoms with Gasteiger partial charge in [0.1, 0.15) is 5.66 Å². The van der Waals surface area contributed by atoms with Gasteiger partial charge in [0.05, 0.1) is 0 Å². The highest BCUT2D eigenvalue weighted by Gasteiger charge is 2.49. The number of benzene rings is 2. The summed E-state index contributed by atoms with van der Waals surface area (Å²) in [4.78, 5) is 5.55. The van der Waals surface area contributed by atoms with Crippen molar-refractivity contribution in [1.29, 1.82) is 0 Å². The van der Waals surface area contributed by atoms with Gasteiger partial charge in [0.15, 0.2) is 0 Å². The predicted molar refractivity (Wildman–Crippen MR) is 194 cm³/mol. The fraction of sp³-hybridized carbons (Fsp3) is 0.667. The Labute approximate surface area is 273 Å². The average molecular weight is 601 g/mol. The molecule has 0 aliphatic carbocycles. The molecule has 0 amide bonds. The van der Waals surface area contributed by atoms with Gasteiger partial charge in [-0.05, 0) is 30.4 Å². The van der Waals surface area contributed by atoms with E-state index >= 15 is 0 Å². The molecule has 2 nitrogen and oxygen atoms in total. The van der Waals surface area contributed by atoms with Crippen LogP contribution in [-0.4, -0.2) is 28.6 Å². The van der Waals surface area contributed by atoms with Crippen LogP contribution >= 0.6 is 0 Å². The molecule has 2 heteroatoms. The van der Waals surface area contributed by atoms with Gasteiger partial charge < -0.3 is 9.80 Å². The molecular formula is C42H68N2. The van der Waals surface area contributed by atoms with E-state index in [1.54, 1.807) is 0 Å². The molecule has 0 fully saturated rings. The van der Waals surface area contributed by atoms with Crippen LogP contribution in [0.2, 0.25) is 0 Å². The van der Waals surface area contributed by atoms with Crippen LogP contribution in [0, 0.1) is 0 Å². The molecule has 0 saturated carbocycles. The Morgan fingerprint density at radius 1 is 0.477 bits per heavy atom. The number of rotatable bonds is 26. The first-order valence-electron chi connectivity index (χ1n) is 19.1. The van der Waals surface area contributed by atoms with Gasteiger partial charge >= 0.3 is 0 Å².